The molecule has 0 bridgehead atoms. The first-order chi connectivity index (χ1) is 12.6. The second-order valence-electron chi connectivity index (χ2n) is 5.54. The third-order valence-corrected chi connectivity index (χ3v) is 3.91. The van der Waals surface area contributed by atoms with Gasteiger partial charge in [0, 0.05) is 19.2 Å². The van der Waals surface area contributed by atoms with E-state index >= 15 is 0 Å². The van der Waals surface area contributed by atoms with Crippen molar-refractivity contribution >= 4 is 11.9 Å². The van der Waals surface area contributed by atoms with Crippen LogP contribution in [0.4, 0.5) is 0 Å². The van der Waals surface area contributed by atoms with Gasteiger partial charge in [-0.3, -0.25) is 4.79 Å². The van der Waals surface area contributed by atoms with Gasteiger partial charge in [0.2, 0.25) is 0 Å². The van der Waals surface area contributed by atoms with E-state index in [-0.39, 0.29) is 18.1 Å². The molecule has 2 aromatic carbocycles. The monoisotopic (exact) mass is 357 g/mol. The van der Waals surface area contributed by atoms with Crippen LogP contribution in [0.3, 0.4) is 0 Å². The first-order valence-corrected chi connectivity index (χ1v) is 8.29. The highest BCUT2D eigenvalue weighted by Gasteiger charge is 2.18. The van der Waals surface area contributed by atoms with Gasteiger partial charge in [-0.25, -0.2) is 4.79 Å². The van der Waals surface area contributed by atoms with E-state index in [4.69, 9.17) is 14.2 Å². The minimum absolute atomic E-state index is 0.243. The van der Waals surface area contributed by atoms with Gasteiger partial charge in [-0.2, -0.15) is 0 Å². The van der Waals surface area contributed by atoms with E-state index in [1.54, 1.807) is 23.1 Å². The predicted octanol–water partition coefficient (Wildman–Crippen LogP) is 2.91. The van der Waals surface area contributed by atoms with E-state index in [1.807, 2.05) is 37.3 Å². The van der Waals surface area contributed by atoms with Crippen molar-refractivity contribution in [2.45, 2.75) is 13.5 Å². The summed E-state index contributed by atoms with van der Waals surface area (Å²) in [6.07, 6.45) is 0. The van der Waals surface area contributed by atoms with Gasteiger partial charge in [-0.05, 0) is 24.6 Å². The zero-order chi connectivity index (χ0) is 18.9. The Labute approximate surface area is 153 Å². The number of benzene rings is 2. The third kappa shape index (κ3) is 4.99. The van der Waals surface area contributed by atoms with Crippen molar-refractivity contribution in [2.75, 3.05) is 27.4 Å². The van der Waals surface area contributed by atoms with Crippen LogP contribution >= 0.6 is 0 Å². The Morgan fingerprint density at radius 1 is 1.00 bits per heavy atom. The van der Waals surface area contributed by atoms with Crippen molar-refractivity contribution in [1.82, 2.24) is 4.90 Å². The summed E-state index contributed by atoms with van der Waals surface area (Å²) in [6.45, 7) is 2.56. The summed E-state index contributed by atoms with van der Waals surface area (Å²) in [5.41, 5.74) is 1.26. The Morgan fingerprint density at radius 2 is 1.73 bits per heavy atom. The maximum absolute atomic E-state index is 12.4. The lowest BCUT2D eigenvalue weighted by molar-refractivity contribution is -0.134. The number of hydrogen-bond donors (Lipinski definition) is 0. The molecule has 2 aromatic rings. The molecule has 6 heteroatoms. The summed E-state index contributed by atoms with van der Waals surface area (Å²) in [7, 11) is 2.98. The molecule has 0 spiro atoms. The molecule has 0 aliphatic carbocycles. The van der Waals surface area contributed by atoms with Gasteiger partial charge in [-0.1, -0.05) is 30.3 Å². The quantitative estimate of drug-likeness (QED) is 0.680. The van der Waals surface area contributed by atoms with Crippen LogP contribution in [0.25, 0.3) is 0 Å². The molecule has 0 aliphatic heterocycles. The van der Waals surface area contributed by atoms with Gasteiger partial charge in [0.1, 0.15) is 17.1 Å². The van der Waals surface area contributed by atoms with Gasteiger partial charge in [-0.15, -0.1) is 0 Å². The molecule has 26 heavy (non-hydrogen) atoms. The summed E-state index contributed by atoms with van der Waals surface area (Å²) in [4.78, 5) is 26.3. The lowest BCUT2D eigenvalue weighted by Gasteiger charge is -2.21. The van der Waals surface area contributed by atoms with E-state index in [0.717, 1.165) is 5.56 Å². The van der Waals surface area contributed by atoms with E-state index < -0.39 is 5.97 Å². The molecule has 0 heterocycles. The average molecular weight is 357 g/mol. The average Bonchev–Trinajstić information content (AvgIpc) is 2.70. The molecule has 2 rings (SSSR count). The van der Waals surface area contributed by atoms with E-state index in [1.165, 1.54) is 14.2 Å². The first-order valence-electron chi connectivity index (χ1n) is 8.29. The molecule has 0 fully saturated rings. The maximum Gasteiger partial charge on any atom is 0.342 e. The molecule has 0 N–H and O–H groups in total. The molecule has 0 aliphatic rings. The topological polar surface area (TPSA) is 65.1 Å². The van der Waals surface area contributed by atoms with Gasteiger partial charge in [0.15, 0.2) is 6.61 Å². The molecule has 6 nitrogen and oxygen atoms in total. The van der Waals surface area contributed by atoms with Crippen LogP contribution in [0.15, 0.2) is 48.5 Å². The van der Waals surface area contributed by atoms with Crippen molar-refractivity contribution < 1.29 is 23.8 Å². The Bertz CT molecular complexity index is 745. The van der Waals surface area contributed by atoms with Crippen LogP contribution < -0.4 is 9.47 Å². The molecule has 0 radical (unpaired) electrons. The normalized spacial score (nSPS) is 10.1. The second kappa shape index (κ2) is 9.46. The summed E-state index contributed by atoms with van der Waals surface area (Å²) < 4.78 is 15.5. The van der Waals surface area contributed by atoms with Crippen LogP contribution in [0.5, 0.6) is 11.5 Å². The molecule has 0 aromatic heterocycles. The lowest BCUT2D eigenvalue weighted by atomic mass is 10.2. The number of nitrogens with zero attached hydrogens (tertiary/aromatic N) is 1. The smallest absolute Gasteiger partial charge is 0.342 e. The number of ether oxygens (including phenoxy) is 3. The van der Waals surface area contributed by atoms with E-state index in [0.29, 0.717) is 24.6 Å². The van der Waals surface area contributed by atoms with Gasteiger partial charge < -0.3 is 19.1 Å². The number of methoxy groups -OCH3 is 2. The fourth-order valence-electron chi connectivity index (χ4n) is 2.44. The zero-order valence-corrected chi connectivity index (χ0v) is 15.2. The lowest BCUT2D eigenvalue weighted by Crippen LogP contribution is -2.34. The van der Waals surface area contributed by atoms with Crippen molar-refractivity contribution in [3.63, 3.8) is 0 Å². The molecule has 0 atom stereocenters. The minimum Gasteiger partial charge on any atom is -0.497 e. The Kier molecular flexibility index (Phi) is 7.02. The van der Waals surface area contributed by atoms with Gasteiger partial charge in [0.25, 0.3) is 5.91 Å². The van der Waals surface area contributed by atoms with Gasteiger partial charge >= 0.3 is 5.97 Å². The summed E-state index contributed by atoms with van der Waals surface area (Å²) in [5, 5.41) is 0. The van der Waals surface area contributed by atoms with E-state index in [9.17, 15) is 9.59 Å². The Hall–Kier alpha value is -3.02. The molecule has 0 unspecified atom stereocenters. The SMILES string of the molecule is CCN(Cc1ccccc1)C(=O)COC(=O)c1ccc(OC)cc1OC. The van der Waals surface area contributed by atoms with Crippen LogP contribution in [-0.4, -0.2) is 44.1 Å². The molecule has 138 valence electrons. The highest BCUT2D eigenvalue weighted by Crippen LogP contribution is 2.25. The Morgan fingerprint density at radius 3 is 2.35 bits per heavy atom. The number of likely N-dealkylation sites (N-methyl/N-ethyl adjacent to an activating group) is 1. The van der Waals surface area contributed by atoms with E-state index in [2.05, 4.69) is 0 Å². The third-order valence-electron chi connectivity index (χ3n) is 3.91. The fraction of sp³-hybridized carbons (Fsp3) is 0.300. The first kappa shape index (κ1) is 19.3. The number of esters is 1. The number of hydrogen-bond acceptors (Lipinski definition) is 5. The van der Waals surface area contributed by atoms with Crippen molar-refractivity contribution in [1.29, 1.82) is 0 Å². The summed E-state index contributed by atoms with van der Waals surface area (Å²) >= 11 is 0. The van der Waals surface area contributed by atoms with Crippen molar-refractivity contribution in [3.8, 4) is 11.5 Å². The van der Waals surface area contributed by atoms with Crippen molar-refractivity contribution in [3.05, 3.63) is 59.7 Å². The minimum atomic E-state index is -0.617. The van der Waals surface area contributed by atoms with Crippen LogP contribution in [0, 0.1) is 0 Å². The molecule has 0 saturated heterocycles. The zero-order valence-electron chi connectivity index (χ0n) is 15.2. The number of rotatable bonds is 8. The molecular formula is C20H23NO5. The van der Waals surface area contributed by atoms with Crippen molar-refractivity contribution in [2.24, 2.45) is 0 Å². The number of carbonyl (C=O) groups is 2. The summed E-state index contributed by atoms with van der Waals surface area (Å²) in [6, 6.07) is 14.4. The summed E-state index contributed by atoms with van der Waals surface area (Å²) in [5.74, 6) is 0.0266. The molecule has 0 saturated carbocycles. The molecule has 1 amide bonds. The maximum atomic E-state index is 12.4. The van der Waals surface area contributed by atoms with Crippen LogP contribution in [0.2, 0.25) is 0 Å². The van der Waals surface area contributed by atoms with Gasteiger partial charge in [0.05, 0.1) is 14.2 Å². The molecular weight excluding hydrogens is 334 g/mol. The highest BCUT2D eigenvalue weighted by atomic mass is 16.5. The fourth-order valence-corrected chi connectivity index (χ4v) is 2.44. The number of carbonyl (C=O) groups excluding carboxylic acids is 2. The van der Waals surface area contributed by atoms with Crippen LogP contribution in [-0.2, 0) is 16.1 Å². The Balaban J connectivity index is 1.98. The predicted molar refractivity (Wildman–Crippen MR) is 97.4 cm³/mol. The standard InChI is InChI=1S/C20H23NO5/c1-4-21(13-15-8-6-5-7-9-15)19(22)14-26-20(23)17-11-10-16(24-2)12-18(17)25-3/h5-12H,4,13-14H2,1-3H3. The highest BCUT2D eigenvalue weighted by molar-refractivity contribution is 5.94. The second-order valence-corrected chi connectivity index (χ2v) is 5.54. The van der Waals surface area contributed by atoms with Crippen LogP contribution in [0.1, 0.15) is 22.8 Å². The largest absolute Gasteiger partial charge is 0.497 e. The number of amides is 1.